The predicted octanol–water partition coefficient (Wildman–Crippen LogP) is 5.67. The van der Waals surface area contributed by atoms with Crippen LogP contribution in [0.2, 0.25) is 0 Å². The Kier molecular flexibility index (Phi) is 6.29. The van der Waals surface area contributed by atoms with Crippen LogP contribution >= 0.6 is 11.8 Å². The number of thioether (sulfide) groups is 1. The van der Waals surface area contributed by atoms with Gasteiger partial charge in [-0.25, -0.2) is 9.79 Å². The molecule has 5 nitrogen and oxygen atoms in total. The highest BCUT2D eigenvalue weighted by Crippen LogP contribution is 2.37. The van der Waals surface area contributed by atoms with Crippen molar-refractivity contribution in [2.75, 3.05) is 11.5 Å². The highest BCUT2D eigenvalue weighted by atomic mass is 32.2. The predicted molar refractivity (Wildman–Crippen MR) is 125 cm³/mol. The van der Waals surface area contributed by atoms with Gasteiger partial charge in [-0.2, -0.15) is 0 Å². The lowest BCUT2D eigenvalue weighted by Gasteiger charge is -2.15. The van der Waals surface area contributed by atoms with Gasteiger partial charge in [-0.05, 0) is 66.7 Å². The first kappa shape index (κ1) is 20.6. The van der Waals surface area contributed by atoms with E-state index < -0.39 is 0 Å². The maximum absolute atomic E-state index is 13.3. The molecule has 0 aliphatic carbocycles. The number of amides is 1. The molecule has 3 aromatic rings. The number of para-hydroxylation sites is 2. The van der Waals surface area contributed by atoms with Gasteiger partial charge in [-0.15, -0.1) is 0 Å². The number of hydrogen-bond donors (Lipinski definition) is 0. The monoisotopic (exact) mass is 428 g/mol. The van der Waals surface area contributed by atoms with Crippen LogP contribution in [0, 0.1) is 0 Å². The molecule has 1 amide bonds. The number of anilines is 1. The Balaban J connectivity index is 1.67. The highest BCUT2D eigenvalue weighted by Gasteiger charge is 2.34. The number of carbonyl (C=O) groups excluding carboxylic acids is 2. The van der Waals surface area contributed by atoms with E-state index in [1.54, 1.807) is 36.1 Å². The molecule has 1 fully saturated rings. The molecule has 6 heteroatoms. The van der Waals surface area contributed by atoms with Gasteiger partial charge in [-0.3, -0.25) is 9.69 Å². The summed E-state index contributed by atoms with van der Waals surface area (Å²) in [6, 6.07) is 26.0. The summed E-state index contributed by atoms with van der Waals surface area (Å²) >= 11 is 1.33. The molecule has 0 aromatic heterocycles. The van der Waals surface area contributed by atoms with Crippen molar-refractivity contribution in [3.05, 3.63) is 101 Å². The first-order valence-corrected chi connectivity index (χ1v) is 10.7. The molecule has 1 aliphatic heterocycles. The van der Waals surface area contributed by atoms with Crippen LogP contribution in [0.1, 0.15) is 22.8 Å². The molecule has 154 valence electrons. The Hall–Kier alpha value is -3.64. The molecule has 0 N–H and O–H groups in total. The van der Waals surface area contributed by atoms with E-state index in [2.05, 4.69) is 0 Å². The Bertz CT molecular complexity index is 1140. The number of nitrogens with zero attached hydrogens (tertiary/aromatic N) is 2. The first-order valence-electron chi connectivity index (χ1n) is 9.85. The standard InChI is InChI=1S/C25H20N2O3S/c1-2-30-24(29)19-15-13-18(14-16-19)17-22-23(28)27(21-11-7-4-8-12-21)25(31-22)26-20-9-5-3-6-10-20/h3-17H,2H2,1H3/b22-17+,26-25?. The molecule has 31 heavy (non-hydrogen) atoms. The second-order valence-electron chi connectivity index (χ2n) is 6.66. The van der Waals surface area contributed by atoms with Gasteiger partial charge in [0, 0.05) is 0 Å². The minimum Gasteiger partial charge on any atom is -0.462 e. The number of carbonyl (C=O) groups is 2. The first-order chi connectivity index (χ1) is 15.2. The zero-order valence-corrected chi connectivity index (χ0v) is 17.7. The van der Waals surface area contributed by atoms with Gasteiger partial charge in [0.25, 0.3) is 5.91 Å². The van der Waals surface area contributed by atoms with Crippen molar-refractivity contribution in [3.63, 3.8) is 0 Å². The average molecular weight is 429 g/mol. The van der Waals surface area contributed by atoms with Crippen molar-refractivity contribution < 1.29 is 14.3 Å². The second kappa shape index (κ2) is 9.45. The third-order valence-corrected chi connectivity index (χ3v) is 5.49. The van der Waals surface area contributed by atoms with E-state index in [0.29, 0.717) is 22.2 Å². The molecular weight excluding hydrogens is 408 g/mol. The second-order valence-corrected chi connectivity index (χ2v) is 7.67. The van der Waals surface area contributed by atoms with Gasteiger partial charge in [0.15, 0.2) is 5.17 Å². The molecule has 0 unspecified atom stereocenters. The van der Waals surface area contributed by atoms with Crippen molar-refractivity contribution >= 4 is 46.3 Å². The Morgan fingerprint density at radius 3 is 2.26 bits per heavy atom. The molecule has 0 bridgehead atoms. The van der Waals surface area contributed by atoms with E-state index in [0.717, 1.165) is 16.9 Å². The molecule has 4 rings (SSSR count). The molecule has 1 heterocycles. The lowest BCUT2D eigenvalue weighted by Crippen LogP contribution is -2.28. The Morgan fingerprint density at radius 2 is 1.61 bits per heavy atom. The van der Waals surface area contributed by atoms with Gasteiger partial charge >= 0.3 is 5.97 Å². The summed E-state index contributed by atoms with van der Waals surface area (Å²) in [5.41, 5.74) is 2.83. The van der Waals surface area contributed by atoms with Crippen LogP contribution in [0.15, 0.2) is 94.8 Å². The number of esters is 1. The summed E-state index contributed by atoms with van der Waals surface area (Å²) in [5, 5.41) is 0.594. The van der Waals surface area contributed by atoms with Crippen molar-refractivity contribution in [2.24, 2.45) is 4.99 Å². The number of rotatable bonds is 5. The molecule has 1 saturated heterocycles. The van der Waals surface area contributed by atoms with Crippen molar-refractivity contribution in [2.45, 2.75) is 6.92 Å². The number of amidine groups is 1. The summed E-state index contributed by atoms with van der Waals surface area (Å²) in [6.07, 6.45) is 1.81. The van der Waals surface area contributed by atoms with Crippen LogP contribution in [0.5, 0.6) is 0 Å². The summed E-state index contributed by atoms with van der Waals surface area (Å²) in [6.45, 7) is 2.10. The smallest absolute Gasteiger partial charge is 0.338 e. The van der Waals surface area contributed by atoms with E-state index in [4.69, 9.17) is 9.73 Å². The largest absolute Gasteiger partial charge is 0.462 e. The molecule has 3 aromatic carbocycles. The summed E-state index contributed by atoms with van der Waals surface area (Å²) in [7, 11) is 0. The Labute approximate surface area is 185 Å². The maximum Gasteiger partial charge on any atom is 0.338 e. The fourth-order valence-electron chi connectivity index (χ4n) is 3.05. The molecule has 0 atom stereocenters. The van der Waals surface area contributed by atoms with E-state index in [-0.39, 0.29) is 11.9 Å². The van der Waals surface area contributed by atoms with Crippen LogP contribution in [-0.4, -0.2) is 23.7 Å². The van der Waals surface area contributed by atoms with E-state index in [9.17, 15) is 9.59 Å². The third kappa shape index (κ3) is 4.75. The van der Waals surface area contributed by atoms with Gasteiger partial charge < -0.3 is 4.74 Å². The van der Waals surface area contributed by atoms with Crippen molar-refractivity contribution in [3.8, 4) is 0 Å². The van der Waals surface area contributed by atoms with E-state index in [1.807, 2.05) is 66.7 Å². The van der Waals surface area contributed by atoms with Crippen LogP contribution in [0.25, 0.3) is 6.08 Å². The van der Waals surface area contributed by atoms with Crippen LogP contribution in [0.4, 0.5) is 11.4 Å². The molecule has 0 saturated carbocycles. The molecule has 1 aliphatic rings. The van der Waals surface area contributed by atoms with E-state index >= 15 is 0 Å². The SMILES string of the molecule is CCOC(=O)c1ccc(/C=C2/SC(=Nc3ccccc3)N(c3ccccc3)C2=O)cc1. The van der Waals surface area contributed by atoms with Crippen molar-refractivity contribution in [1.29, 1.82) is 0 Å². The van der Waals surface area contributed by atoms with Gasteiger partial charge in [0.05, 0.1) is 28.5 Å². The number of ether oxygens (including phenoxy) is 1. The minimum absolute atomic E-state index is 0.139. The number of benzene rings is 3. The summed E-state index contributed by atoms with van der Waals surface area (Å²) in [4.78, 5) is 32.0. The number of hydrogen-bond acceptors (Lipinski definition) is 5. The Morgan fingerprint density at radius 1 is 0.968 bits per heavy atom. The van der Waals surface area contributed by atoms with Crippen LogP contribution in [0.3, 0.4) is 0 Å². The van der Waals surface area contributed by atoms with Crippen LogP contribution in [-0.2, 0) is 9.53 Å². The highest BCUT2D eigenvalue weighted by molar-refractivity contribution is 8.19. The lowest BCUT2D eigenvalue weighted by molar-refractivity contribution is -0.113. The maximum atomic E-state index is 13.3. The van der Waals surface area contributed by atoms with Crippen molar-refractivity contribution in [1.82, 2.24) is 0 Å². The molecule has 0 radical (unpaired) electrons. The fraction of sp³-hybridized carbons (Fsp3) is 0.0800. The summed E-state index contributed by atoms with van der Waals surface area (Å²) in [5.74, 6) is -0.499. The molecule has 0 spiro atoms. The number of aliphatic imine (C=N–C) groups is 1. The zero-order chi connectivity index (χ0) is 21.6. The zero-order valence-electron chi connectivity index (χ0n) is 16.9. The van der Waals surface area contributed by atoms with Gasteiger partial charge in [0.1, 0.15) is 0 Å². The van der Waals surface area contributed by atoms with Gasteiger partial charge in [0.2, 0.25) is 0 Å². The normalized spacial score (nSPS) is 16.2. The van der Waals surface area contributed by atoms with Gasteiger partial charge in [-0.1, -0.05) is 48.5 Å². The topological polar surface area (TPSA) is 59.0 Å². The molecular formula is C25H20N2O3S. The quantitative estimate of drug-likeness (QED) is 0.388. The average Bonchev–Trinajstić information content (AvgIpc) is 3.10. The lowest BCUT2D eigenvalue weighted by atomic mass is 10.1. The minimum atomic E-state index is -0.361. The third-order valence-electron chi connectivity index (χ3n) is 4.52. The fourth-order valence-corrected chi connectivity index (χ4v) is 4.05. The summed E-state index contributed by atoms with van der Waals surface area (Å²) < 4.78 is 5.02. The van der Waals surface area contributed by atoms with Crippen LogP contribution < -0.4 is 4.90 Å². The van der Waals surface area contributed by atoms with E-state index in [1.165, 1.54) is 11.8 Å².